The summed E-state index contributed by atoms with van der Waals surface area (Å²) in [7, 11) is -5.61. The van der Waals surface area contributed by atoms with Gasteiger partial charge < -0.3 is 20.7 Å². The van der Waals surface area contributed by atoms with Gasteiger partial charge in [0.2, 0.25) is 0 Å². The molecule has 0 bridgehead atoms. The average Bonchev–Trinajstić information content (AvgIpc) is 2.94. The lowest BCUT2D eigenvalue weighted by molar-refractivity contribution is -0.167. The van der Waals surface area contributed by atoms with E-state index in [-0.39, 0.29) is 18.0 Å². The quantitative estimate of drug-likeness (QED) is 0.432. The first-order valence-electron chi connectivity index (χ1n) is 7.70. The molecule has 2 aromatic carbocycles. The topological polar surface area (TPSA) is 131 Å². The predicted molar refractivity (Wildman–Crippen MR) is 95.2 cm³/mol. The molecular weight excluding hydrogens is 402 g/mol. The van der Waals surface area contributed by atoms with Crippen molar-refractivity contribution in [2.75, 3.05) is 15.8 Å². The van der Waals surface area contributed by atoms with Crippen molar-refractivity contribution in [1.82, 2.24) is 0 Å². The number of halogens is 3. The van der Waals surface area contributed by atoms with Crippen molar-refractivity contribution in [2.24, 2.45) is 0 Å². The van der Waals surface area contributed by atoms with Gasteiger partial charge in [0.05, 0.1) is 12.3 Å². The van der Waals surface area contributed by atoms with E-state index < -0.39 is 39.8 Å². The van der Waals surface area contributed by atoms with Crippen LogP contribution < -0.4 is 21.2 Å². The minimum atomic E-state index is -5.21. The van der Waals surface area contributed by atoms with Gasteiger partial charge >= 0.3 is 19.2 Å². The summed E-state index contributed by atoms with van der Waals surface area (Å²) in [5.74, 6) is -2.34. The van der Waals surface area contributed by atoms with Crippen LogP contribution in [0.1, 0.15) is 5.56 Å². The van der Waals surface area contributed by atoms with Crippen LogP contribution in [-0.2, 0) is 26.1 Å². The third kappa shape index (κ3) is 4.05. The van der Waals surface area contributed by atoms with E-state index in [9.17, 15) is 31.4 Å². The van der Waals surface area contributed by atoms with Gasteiger partial charge in [-0.1, -0.05) is 6.07 Å². The summed E-state index contributed by atoms with van der Waals surface area (Å²) in [6, 6.07) is 7.32. The number of alkyl halides is 3. The van der Waals surface area contributed by atoms with Gasteiger partial charge in [-0.15, -0.1) is 0 Å². The molecule has 8 nitrogen and oxygen atoms in total. The number of hydrogen-bond acceptors (Lipinski definition) is 6. The number of fused-ring (bicyclic) bond motifs is 1. The van der Waals surface area contributed by atoms with E-state index in [0.717, 1.165) is 18.2 Å². The standard InChI is InChI=1S/C15H13BF3N3O5S/c17-15(18,19)14(23)21-12-5-9(20)2-4-13(12)28(25,26)22-10-3-1-8-7-27-16(24)11(8)6-10/h1-6,22,24H,7,20H2,(H,21,23). The van der Waals surface area contributed by atoms with E-state index in [2.05, 4.69) is 4.72 Å². The molecule has 0 radical (unpaired) electrons. The molecule has 28 heavy (non-hydrogen) atoms. The van der Waals surface area contributed by atoms with Crippen LogP contribution in [0.3, 0.4) is 0 Å². The fourth-order valence-corrected chi connectivity index (χ4v) is 3.76. The molecule has 0 saturated carbocycles. The summed E-state index contributed by atoms with van der Waals surface area (Å²) < 4.78 is 70.1. The average molecular weight is 415 g/mol. The van der Waals surface area contributed by atoms with E-state index in [0.29, 0.717) is 11.0 Å². The molecule has 0 unspecified atom stereocenters. The van der Waals surface area contributed by atoms with Crippen molar-refractivity contribution in [3.63, 3.8) is 0 Å². The van der Waals surface area contributed by atoms with Crippen molar-refractivity contribution < 1.29 is 36.1 Å². The van der Waals surface area contributed by atoms with Gasteiger partial charge in [0.15, 0.2) is 0 Å². The minimum Gasteiger partial charge on any atom is -0.423 e. The fraction of sp³-hybridized carbons (Fsp3) is 0.133. The van der Waals surface area contributed by atoms with Crippen LogP contribution in [0, 0.1) is 0 Å². The third-order valence-corrected chi connectivity index (χ3v) is 5.30. The molecule has 0 aromatic heterocycles. The van der Waals surface area contributed by atoms with Gasteiger partial charge in [-0.05, 0) is 41.4 Å². The molecule has 0 saturated heterocycles. The molecule has 3 rings (SSSR count). The largest absolute Gasteiger partial charge is 0.491 e. The molecule has 1 aliphatic heterocycles. The van der Waals surface area contributed by atoms with Crippen LogP contribution >= 0.6 is 0 Å². The lowest BCUT2D eigenvalue weighted by atomic mass is 9.79. The minimum absolute atomic E-state index is 0.0470. The van der Waals surface area contributed by atoms with Crippen LogP contribution in [0.25, 0.3) is 0 Å². The zero-order chi connectivity index (χ0) is 20.7. The van der Waals surface area contributed by atoms with Crippen molar-refractivity contribution in [3.05, 3.63) is 42.0 Å². The molecule has 1 amide bonds. The second-order valence-electron chi connectivity index (χ2n) is 5.89. The molecule has 0 fully saturated rings. The molecule has 0 atom stereocenters. The normalized spacial score (nSPS) is 13.9. The van der Waals surface area contributed by atoms with Gasteiger partial charge in [0.1, 0.15) is 4.90 Å². The van der Waals surface area contributed by atoms with Crippen molar-refractivity contribution >= 4 is 45.6 Å². The highest BCUT2D eigenvalue weighted by atomic mass is 32.2. The number of carbonyl (C=O) groups is 1. The summed E-state index contributed by atoms with van der Waals surface area (Å²) in [6.45, 7) is 0.162. The second kappa shape index (κ2) is 7.00. The third-order valence-electron chi connectivity index (χ3n) is 3.86. The summed E-state index contributed by atoms with van der Waals surface area (Å²) in [5.41, 5.74) is 5.90. The van der Waals surface area contributed by atoms with Crippen molar-refractivity contribution in [1.29, 1.82) is 0 Å². The van der Waals surface area contributed by atoms with E-state index in [4.69, 9.17) is 10.4 Å². The number of nitrogens with two attached hydrogens (primary N) is 1. The van der Waals surface area contributed by atoms with Crippen LogP contribution in [0.2, 0.25) is 0 Å². The van der Waals surface area contributed by atoms with Crippen LogP contribution in [0.4, 0.5) is 30.2 Å². The van der Waals surface area contributed by atoms with Gasteiger partial charge in [-0.25, -0.2) is 8.42 Å². The maximum absolute atomic E-state index is 12.7. The number of anilines is 3. The fourth-order valence-electron chi connectivity index (χ4n) is 2.56. The molecule has 0 spiro atoms. The summed E-state index contributed by atoms with van der Waals surface area (Å²) >= 11 is 0. The Morgan fingerprint density at radius 1 is 1.21 bits per heavy atom. The second-order valence-corrected chi connectivity index (χ2v) is 7.54. The highest BCUT2D eigenvalue weighted by Gasteiger charge is 2.39. The molecule has 13 heteroatoms. The molecule has 1 aliphatic rings. The highest BCUT2D eigenvalue weighted by molar-refractivity contribution is 7.92. The number of amides is 1. The zero-order valence-electron chi connectivity index (χ0n) is 13.9. The Morgan fingerprint density at radius 3 is 2.61 bits per heavy atom. The predicted octanol–water partition coefficient (Wildman–Crippen LogP) is 0.788. The van der Waals surface area contributed by atoms with E-state index in [1.54, 1.807) is 6.07 Å². The van der Waals surface area contributed by atoms with Crippen molar-refractivity contribution in [2.45, 2.75) is 17.7 Å². The first kappa shape index (κ1) is 20.0. The number of sulfonamides is 1. The van der Waals surface area contributed by atoms with Crippen LogP contribution in [0.15, 0.2) is 41.3 Å². The molecule has 5 N–H and O–H groups in total. The highest BCUT2D eigenvalue weighted by Crippen LogP contribution is 2.28. The number of hydrogen-bond donors (Lipinski definition) is 4. The first-order chi connectivity index (χ1) is 13.0. The zero-order valence-corrected chi connectivity index (χ0v) is 14.8. The summed E-state index contributed by atoms with van der Waals surface area (Å²) in [5, 5.41) is 11.2. The van der Waals surface area contributed by atoms with Gasteiger partial charge in [-0.2, -0.15) is 13.2 Å². The maximum atomic E-state index is 12.7. The molecule has 1 heterocycles. The Morgan fingerprint density at radius 2 is 1.93 bits per heavy atom. The van der Waals surface area contributed by atoms with E-state index >= 15 is 0 Å². The van der Waals surface area contributed by atoms with Gasteiger partial charge in [-0.3, -0.25) is 9.52 Å². The molecule has 148 valence electrons. The number of nitrogen functional groups attached to an aromatic ring is 1. The SMILES string of the molecule is Nc1ccc(S(=O)(=O)Nc2ccc3c(c2)B(O)OC3)c(NC(=O)C(F)(F)F)c1. The molecular formula is C15H13BF3N3O5S. The number of nitrogens with one attached hydrogen (secondary N) is 2. The van der Waals surface area contributed by atoms with Crippen LogP contribution in [-0.4, -0.2) is 32.6 Å². The van der Waals surface area contributed by atoms with Crippen molar-refractivity contribution in [3.8, 4) is 0 Å². The molecule has 2 aromatic rings. The van der Waals surface area contributed by atoms with Gasteiger partial charge in [0, 0.05) is 11.4 Å². The Hall–Kier alpha value is -2.77. The Balaban J connectivity index is 1.94. The Kier molecular flexibility index (Phi) is 4.99. The Bertz CT molecular complexity index is 1050. The number of rotatable bonds is 4. The first-order valence-corrected chi connectivity index (χ1v) is 9.19. The van der Waals surface area contributed by atoms with Gasteiger partial charge in [0.25, 0.3) is 10.0 Å². The summed E-state index contributed by atoms with van der Waals surface area (Å²) in [4.78, 5) is 10.6. The smallest absolute Gasteiger partial charge is 0.423 e. The monoisotopic (exact) mass is 415 g/mol. The lowest BCUT2D eigenvalue weighted by Crippen LogP contribution is -2.31. The number of benzene rings is 2. The lowest BCUT2D eigenvalue weighted by Gasteiger charge is -2.15. The molecule has 0 aliphatic carbocycles. The van der Waals surface area contributed by atoms with Crippen LogP contribution in [0.5, 0.6) is 0 Å². The van der Waals surface area contributed by atoms with E-state index in [1.807, 2.05) is 0 Å². The Labute approximate surface area is 157 Å². The number of carbonyl (C=O) groups excluding carboxylic acids is 1. The van der Waals surface area contributed by atoms with E-state index in [1.165, 1.54) is 17.4 Å². The summed E-state index contributed by atoms with van der Waals surface area (Å²) in [6.07, 6.45) is -5.21. The maximum Gasteiger partial charge on any atom is 0.491 e.